The number of rotatable bonds is 8. The molecule has 1 amide bonds. The van der Waals surface area contributed by atoms with E-state index in [1.54, 1.807) is 6.07 Å². The largest absolute Gasteiger partial charge is 0.462 e. The Balaban J connectivity index is 1.71. The van der Waals surface area contributed by atoms with E-state index in [2.05, 4.69) is 10.2 Å². The van der Waals surface area contributed by atoms with Gasteiger partial charge in [0.25, 0.3) is 0 Å². The summed E-state index contributed by atoms with van der Waals surface area (Å²) >= 11 is 1.47. The van der Waals surface area contributed by atoms with E-state index in [1.165, 1.54) is 11.8 Å². The Bertz CT molecular complexity index is 823. The molecule has 0 radical (unpaired) electrons. The first-order chi connectivity index (χ1) is 14.2. The Morgan fingerprint density at radius 1 is 1.14 bits per heavy atom. The number of nitrogens with one attached hydrogen (secondary N) is 1. The Labute approximate surface area is 175 Å². The number of carbonyl (C=O) groups is 2. The van der Waals surface area contributed by atoms with Crippen LogP contribution in [0.1, 0.15) is 23.7 Å². The molecule has 0 aromatic heterocycles. The number of hydrogen-bond donors (Lipinski definition) is 1. The van der Waals surface area contributed by atoms with Gasteiger partial charge in [0.05, 0.1) is 36.8 Å². The lowest BCUT2D eigenvalue weighted by Crippen LogP contribution is -2.37. The van der Waals surface area contributed by atoms with Crippen molar-refractivity contribution in [1.29, 1.82) is 0 Å². The smallest absolute Gasteiger partial charge is 0.340 e. The first-order valence-electron chi connectivity index (χ1n) is 9.79. The van der Waals surface area contributed by atoms with E-state index in [0.29, 0.717) is 49.9 Å². The summed E-state index contributed by atoms with van der Waals surface area (Å²) in [7, 11) is 0. The summed E-state index contributed by atoms with van der Waals surface area (Å²) in [5.74, 6) is -0.195. The van der Waals surface area contributed by atoms with Gasteiger partial charge in [-0.1, -0.05) is 25.1 Å². The van der Waals surface area contributed by atoms with E-state index >= 15 is 0 Å². The molecule has 154 valence electrons. The third-order valence-corrected chi connectivity index (χ3v) is 5.41. The highest BCUT2D eigenvalue weighted by Crippen LogP contribution is 2.27. The molecule has 2 aromatic rings. The lowest BCUT2D eigenvalue weighted by molar-refractivity contribution is -0.113. The first-order valence-corrected chi connectivity index (χ1v) is 10.8. The molecule has 0 saturated carbocycles. The molecule has 2 aromatic carbocycles. The molecule has 29 heavy (non-hydrogen) atoms. The first kappa shape index (κ1) is 21.2. The molecule has 1 fully saturated rings. The fourth-order valence-electron chi connectivity index (χ4n) is 2.99. The van der Waals surface area contributed by atoms with E-state index in [9.17, 15) is 9.59 Å². The molecular weight excluding hydrogens is 388 g/mol. The third-order valence-electron chi connectivity index (χ3n) is 4.40. The van der Waals surface area contributed by atoms with Crippen molar-refractivity contribution >= 4 is 35.0 Å². The number of morpholine rings is 1. The van der Waals surface area contributed by atoms with Gasteiger partial charge in [0, 0.05) is 23.7 Å². The van der Waals surface area contributed by atoms with Crippen LogP contribution in [0.5, 0.6) is 0 Å². The van der Waals surface area contributed by atoms with Crippen LogP contribution >= 0.6 is 11.8 Å². The molecule has 0 atom stereocenters. The van der Waals surface area contributed by atoms with Crippen molar-refractivity contribution in [2.75, 3.05) is 48.9 Å². The quantitative estimate of drug-likeness (QED) is 0.523. The average molecular weight is 415 g/mol. The van der Waals surface area contributed by atoms with Crippen LogP contribution in [-0.4, -0.2) is 50.5 Å². The van der Waals surface area contributed by atoms with Crippen LogP contribution in [0.25, 0.3) is 0 Å². The van der Waals surface area contributed by atoms with Crippen LogP contribution in [-0.2, 0) is 14.3 Å². The second-order valence-corrected chi connectivity index (χ2v) is 7.67. The summed E-state index contributed by atoms with van der Waals surface area (Å²) in [6.07, 6.45) is 0.756. The predicted octanol–water partition coefficient (Wildman–Crippen LogP) is 3.82. The fraction of sp³-hybridized carbons (Fsp3) is 0.364. The van der Waals surface area contributed by atoms with Crippen molar-refractivity contribution in [2.45, 2.75) is 18.2 Å². The van der Waals surface area contributed by atoms with Gasteiger partial charge < -0.3 is 19.7 Å². The van der Waals surface area contributed by atoms with Gasteiger partial charge in [0.15, 0.2) is 0 Å². The van der Waals surface area contributed by atoms with E-state index in [4.69, 9.17) is 9.47 Å². The molecular formula is C22H26N2O4S. The van der Waals surface area contributed by atoms with Gasteiger partial charge in [0.1, 0.15) is 0 Å². The Hall–Kier alpha value is -2.51. The van der Waals surface area contributed by atoms with E-state index in [0.717, 1.165) is 17.0 Å². The summed E-state index contributed by atoms with van der Waals surface area (Å²) in [5.41, 5.74) is 1.86. The molecule has 0 unspecified atom stereocenters. The van der Waals surface area contributed by atoms with Gasteiger partial charge in [-0.15, -0.1) is 11.8 Å². The van der Waals surface area contributed by atoms with Crippen molar-refractivity contribution in [2.24, 2.45) is 0 Å². The second-order valence-electron chi connectivity index (χ2n) is 6.62. The van der Waals surface area contributed by atoms with E-state index < -0.39 is 0 Å². The molecule has 6 nitrogen and oxygen atoms in total. The molecule has 1 saturated heterocycles. The fourth-order valence-corrected chi connectivity index (χ4v) is 3.71. The van der Waals surface area contributed by atoms with Crippen LogP contribution in [0, 0.1) is 0 Å². The number of anilines is 2. The highest BCUT2D eigenvalue weighted by Gasteiger charge is 2.21. The zero-order chi connectivity index (χ0) is 20.5. The Morgan fingerprint density at radius 2 is 1.90 bits per heavy atom. The minimum absolute atomic E-state index is 0.120. The van der Waals surface area contributed by atoms with Gasteiger partial charge in [-0.3, -0.25) is 4.79 Å². The van der Waals surface area contributed by atoms with Crippen molar-refractivity contribution in [3.8, 4) is 0 Å². The zero-order valence-electron chi connectivity index (χ0n) is 16.6. The maximum atomic E-state index is 12.6. The van der Waals surface area contributed by atoms with Crippen LogP contribution in [0.2, 0.25) is 0 Å². The number of hydrogen-bond acceptors (Lipinski definition) is 6. The molecule has 1 heterocycles. The van der Waals surface area contributed by atoms with E-state index in [-0.39, 0.29) is 11.9 Å². The molecule has 0 aliphatic carbocycles. The Morgan fingerprint density at radius 3 is 2.62 bits per heavy atom. The minimum atomic E-state index is -0.372. The standard InChI is InChI=1S/C22H26N2O4S/c1-2-12-28-22(26)19-15-17(8-9-20(19)24-10-13-27-14-11-24)23-21(25)16-29-18-6-4-3-5-7-18/h3-9,15H,2,10-14,16H2,1H3,(H,23,25). The van der Waals surface area contributed by atoms with E-state index in [1.807, 2.05) is 49.4 Å². The SMILES string of the molecule is CCCOC(=O)c1cc(NC(=O)CSc2ccccc2)ccc1N1CCOCC1. The Kier molecular flexibility index (Phi) is 7.95. The van der Waals surface area contributed by atoms with Crippen LogP contribution in [0.15, 0.2) is 53.4 Å². The number of thioether (sulfide) groups is 1. The summed E-state index contributed by atoms with van der Waals surface area (Å²) in [6.45, 7) is 5.00. The van der Waals surface area contributed by atoms with Gasteiger partial charge in [-0.2, -0.15) is 0 Å². The number of benzene rings is 2. The van der Waals surface area contributed by atoms with Crippen molar-refractivity contribution < 1.29 is 19.1 Å². The van der Waals surface area contributed by atoms with Crippen molar-refractivity contribution in [3.63, 3.8) is 0 Å². The molecule has 7 heteroatoms. The predicted molar refractivity (Wildman–Crippen MR) is 116 cm³/mol. The topological polar surface area (TPSA) is 67.9 Å². The molecule has 0 spiro atoms. The highest BCUT2D eigenvalue weighted by molar-refractivity contribution is 8.00. The maximum absolute atomic E-state index is 12.6. The van der Waals surface area contributed by atoms with Gasteiger partial charge in [0.2, 0.25) is 5.91 Å². The number of amides is 1. The summed E-state index contributed by atoms with van der Waals surface area (Å²) < 4.78 is 10.8. The zero-order valence-corrected chi connectivity index (χ0v) is 17.4. The highest BCUT2D eigenvalue weighted by atomic mass is 32.2. The van der Waals surface area contributed by atoms with Crippen LogP contribution in [0.4, 0.5) is 11.4 Å². The molecule has 1 N–H and O–H groups in total. The van der Waals surface area contributed by atoms with Gasteiger partial charge in [-0.25, -0.2) is 4.79 Å². The average Bonchev–Trinajstić information content (AvgIpc) is 2.77. The summed E-state index contributed by atoms with van der Waals surface area (Å²) in [6, 6.07) is 15.2. The third kappa shape index (κ3) is 6.24. The van der Waals surface area contributed by atoms with Gasteiger partial charge in [-0.05, 0) is 36.8 Å². The van der Waals surface area contributed by atoms with Crippen LogP contribution in [0.3, 0.4) is 0 Å². The molecule has 1 aliphatic heterocycles. The van der Waals surface area contributed by atoms with Crippen LogP contribution < -0.4 is 10.2 Å². The lowest BCUT2D eigenvalue weighted by atomic mass is 10.1. The van der Waals surface area contributed by atoms with Crippen molar-refractivity contribution in [3.05, 3.63) is 54.1 Å². The number of nitrogens with zero attached hydrogens (tertiary/aromatic N) is 1. The summed E-state index contributed by atoms with van der Waals surface area (Å²) in [5, 5.41) is 2.88. The monoisotopic (exact) mass is 414 g/mol. The lowest BCUT2D eigenvalue weighted by Gasteiger charge is -2.30. The number of carbonyl (C=O) groups excluding carboxylic acids is 2. The molecule has 0 bridgehead atoms. The second kappa shape index (κ2) is 10.9. The maximum Gasteiger partial charge on any atom is 0.340 e. The number of ether oxygens (including phenoxy) is 2. The minimum Gasteiger partial charge on any atom is -0.462 e. The molecule has 1 aliphatic rings. The van der Waals surface area contributed by atoms with Gasteiger partial charge >= 0.3 is 5.97 Å². The summed E-state index contributed by atoms with van der Waals surface area (Å²) in [4.78, 5) is 28.1. The number of esters is 1. The molecule has 3 rings (SSSR count). The normalized spacial score (nSPS) is 13.8. The van der Waals surface area contributed by atoms with Crippen molar-refractivity contribution in [1.82, 2.24) is 0 Å².